The summed E-state index contributed by atoms with van der Waals surface area (Å²) in [6.45, 7) is 16.0. The Morgan fingerprint density at radius 3 is 2.40 bits per heavy atom. The van der Waals surface area contributed by atoms with Gasteiger partial charge in [-0.05, 0) is 81.7 Å². The molecule has 0 amide bonds. The van der Waals surface area contributed by atoms with Crippen LogP contribution in [0.15, 0.2) is 42.2 Å². The number of benzene rings is 1. The van der Waals surface area contributed by atoms with Crippen molar-refractivity contribution in [1.29, 1.82) is 0 Å². The minimum absolute atomic E-state index is 0.318. The van der Waals surface area contributed by atoms with E-state index >= 15 is 0 Å². The Bertz CT molecular complexity index is 1030. The summed E-state index contributed by atoms with van der Waals surface area (Å²) < 4.78 is 0. The lowest BCUT2D eigenvalue weighted by molar-refractivity contribution is 0.792. The topological polar surface area (TPSA) is 0 Å². The lowest BCUT2D eigenvalue weighted by Crippen LogP contribution is -2.36. The Balaban J connectivity index is 0.000000364. The van der Waals surface area contributed by atoms with Gasteiger partial charge in [-0.1, -0.05) is 91.8 Å². The monoisotopic (exact) mass is 400 g/mol. The molecule has 160 valence electrons. The Morgan fingerprint density at radius 1 is 0.933 bits per heavy atom. The number of allylic oxidation sites excluding steroid dienone is 6. The molecule has 30 heavy (non-hydrogen) atoms. The van der Waals surface area contributed by atoms with Crippen LogP contribution in [-0.2, 0) is 11.8 Å². The zero-order valence-corrected chi connectivity index (χ0v) is 20.4. The summed E-state index contributed by atoms with van der Waals surface area (Å²) in [5.74, 6) is 0.729. The number of fused-ring (bicyclic) bond motifs is 2. The van der Waals surface area contributed by atoms with Gasteiger partial charge >= 0.3 is 0 Å². The third-order valence-electron chi connectivity index (χ3n) is 6.03. The smallest absolute Gasteiger partial charge is 0.0216 e. The quantitative estimate of drug-likeness (QED) is 0.402. The van der Waals surface area contributed by atoms with E-state index in [0.29, 0.717) is 5.41 Å². The van der Waals surface area contributed by atoms with Crippen molar-refractivity contribution in [2.24, 2.45) is 5.92 Å². The molecule has 5 aliphatic rings. The SMILES string of the molecule is C1=CC=c2c3c4c(c5c2C(=CCC5)C=1)=CC=CC41CC1C=C3.CC.CC.CC.CC. The molecule has 1 aromatic carbocycles. The summed E-state index contributed by atoms with van der Waals surface area (Å²) in [6, 6.07) is 0. The Kier molecular flexibility index (Phi) is 8.51. The highest BCUT2D eigenvalue weighted by atomic mass is 14.6. The fourth-order valence-electron chi connectivity index (χ4n) is 4.99. The molecule has 0 aliphatic heterocycles. The van der Waals surface area contributed by atoms with Gasteiger partial charge in [0.05, 0.1) is 0 Å². The molecule has 0 N–H and O–H groups in total. The summed E-state index contributed by atoms with van der Waals surface area (Å²) in [5.41, 5.74) is 11.1. The van der Waals surface area contributed by atoms with E-state index in [1.807, 2.05) is 55.4 Å². The van der Waals surface area contributed by atoms with Crippen molar-refractivity contribution in [2.75, 3.05) is 0 Å². The molecule has 0 saturated heterocycles. The molecule has 1 aromatic rings. The molecule has 0 heterocycles. The molecule has 0 aromatic heterocycles. The molecular formula is C30H40. The van der Waals surface area contributed by atoms with Gasteiger partial charge in [0.2, 0.25) is 0 Å². The Hall–Kier alpha value is -2.30. The zero-order valence-electron chi connectivity index (χ0n) is 20.4. The summed E-state index contributed by atoms with van der Waals surface area (Å²) in [4.78, 5) is 0. The van der Waals surface area contributed by atoms with E-state index in [9.17, 15) is 0 Å². The van der Waals surface area contributed by atoms with E-state index in [1.54, 1.807) is 11.1 Å². The van der Waals surface area contributed by atoms with Gasteiger partial charge in [-0.2, -0.15) is 0 Å². The van der Waals surface area contributed by atoms with Crippen molar-refractivity contribution in [3.8, 4) is 0 Å². The van der Waals surface area contributed by atoms with Crippen LogP contribution in [0.5, 0.6) is 0 Å². The highest BCUT2D eigenvalue weighted by Crippen LogP contribution is 2.59. The largest absolute Gasteiger partial charge is 0.120 e. The van der Waals surface area contributed by atoms with Gasteiger partial charge in [0.1, 0.15) is 0 Å². The molecule has 6 rings (SSSR count). The first-order valence-corrected chi connectivity index (χ1v) is 12.3. The predicted molar refractivity (Wildman–Crippen MR) is 137 cm³/mol. The fourth-order valence-corrected chi connectivity index (χ4v) is 4.99. The van der Waals surface area contributed by atoms with Crippen LogP contribution in [-0.4, -0.2) is 0 Å². The first-order valence-electron chi connectivity index (χ1n) is 12.3. The highest BCUT2D eigenvalue weighted by Gasteiger charge is 2.55. The Labute approximate surface area is 184 Å². The minimum Gasteiger partial charge on any atom is -0.120 e. The molecule has 1 spiro atoms. The van der Waals surface area contributed by atoms with Crippen molar-refractivity contribution >= 4 is 23.8 Å². The van der Waals surface area contributed by atoms with Crippen LogP contribution in [0.25, 0.3) is 23.8 Å². The van der Waals surface area contributed by atoms with Crippen molar-refractivity contribution in [2.45, 2.75) is 80.1 Å². The fraction of sp³-hybridized carbons (Fsp3) is 0.433. The molecule has 0 bridgehead atoms. The van der Waals surface area contributed by atoms with Gasteiger partial charge in [-0.15, -0.1) is 5.73 Å². The molecule has 1 fully saturated rings. The van der Waals surface area contributed by atoms with Crippen molar-refractivity contribution in [1.82, 2.24) is 0 Å². The van der Waals surface area contributed by atoms with E-state index in [2.05, 4.69) is 60.4 Å². The standard InChI is InChI=1S/C22H16.4C2H6/c1-2-7-16-19-11-10-15-13-22(15)12-4-9-18(21(19)22)17-8-3-6-14(5-1)20(16)17;4*1-2/h2,4-7,9-12,15H,3,8,13H2;4*1-2H3. The van der Waals surface area contributed by atoms with Crippen LogP contribution in [0.2, 0.25) is 0 Å². The van der Waals surface area contributed by atoms with Crippen LogP contribution < -0.4 is 10.4 Å². The van der Waals surface area contributed by atoms with Gasteiger partial charge in [-0.25, -0.2) is 0 Å². The van der Waals surface area contributed by atoms with Gasteiger partial charge in [0, 0.05) is 5.41 Å². The summed E-state index contributed by atoms with van der Waals surface area (Å²) >= 11 is 0. The maximum Gasteiger partial charge on any atom is 0.0216 e. The van der Waals surface area contributed by atoms with Crippen molar-refractivity contribution in [3.05, 3.63) is 74.9 Å². The summed E-state index contributed by atoms with van der Waals surface area (Å²) in [5, 5.41) is 2.95. The first kappa shape index (κ1) is 24.0. The third-order valence-corrected chi connectivity index (χ3v) is 6.03. The van der Waals surface area contributed by atoms with E-state index in [1.165, 1.54) is 40.0 Å². The summed E-state index contributed by atoms with van der Waals surface area (Å²) in [7, 11) is 0. The lowest BCUT2D eigenvalue weighted by atomic mass is 9.75. The first-order chi connectivity index (χ1) is 14.9. The molecule has 0 radical (unpaired) electrons. The molecule has 0 nitrogen and oxygen atoms in total. The molecule has 5 aliphatic carbocycles. The second kappa shape index (κ2) is 10.6. The van der Waals surface area contributed by atoms with E-state index < -0.39 is 0 Å². The van der Waals surface area contributed by atoms with E-state index in [4.69, 9.17) is 0 Å². The Morgan fingerprint density at radius 2 is 1.67 bits per heavy atom. The van der Waals surface area contributed by atoms with Crippen molar-refractivity contribution in [3.63, 3.8) is 0 Å². The zero-order chi connectivity index (χ0) is 22.3. The average molecular weight is 401 g/mol. The van der Waals surface area contributed by atoms with E-state index in [0.717, 1.165) is 12.3 Å². The molecule has 2 unspecified atom stereocenters. The number of hydrogen-bond acceptors (Lipinski definition) is 0. The highest BCUT2D eigenvalue weighted by molar-refractivity contribution is 5.85. The molecule has 2 atom stereocenters. The van der Waals surface area contributed by atoms with Crippen LogP contribution in [0, 0.1) is 5.92 Å². The second-order valence-electron chi connectivity index (χ2n) is 7.05. The average Bonchev–Trinajstić information content (AvgIpc) is 3.60. The van der Waals surface area contributed by atoms with Crippen LogP contribution in [0.1, 0.15) is 90.5 Å². The molecule has 1 saturated carbocycles. The lowest BCUT2D eigenvalue weighted by Gasteiger charge is -2.28. The van der Waals surface area contributed by atoms with Crippen LogP contribution in [0.3, 0.4) is 0 Å². The van der Waals surface area contributed by atoms with Gasteiger partial charge < -0.3 is 0 Å². The normalized spacial score (nSPS) is 23.1. The summed E-state index contributed by atoms with van der Waals surface area (Å²) in [6.07, 6.45) is 24.5. The second-order valence-corrected chi connectivity index (χ2v) is 7.05. The third kappa shape index (κ3) is 3.63. The van der Waals surface area contributed by atoms with Crippen LogP contribution in [0.4, 0.5) is 0 Å². The van der Waals surface area contributed by atoms with Crippen molar-refractivity contribution < 1.29 is 0 Å². The van der Waals surface area contributed by atoms with Crippen LogP contribution >= 0.6 is 0 Å². The number of hydrogen-bond donors (Lipinski definition) is 0. The number of rotatable bonds is 0. The molecule has 0 heteroatoms. The maximum absolute atomic E-state index is 3.32. The van der Waals surface area contributed by atoms with E-state index in [-0.39, 0.29) is 0 Å². The van der Waals surface area contributed by atoms with Gasteiger partial charge in [-0.3, -0.25) is 0 Å². The maximum atomic E-state index is 3.32. The van der Waals surface area contributed by atoms with Gasteiger partial charge in [0.15, 0.2) is 0 Å². The minimum atomic E-state index is 0.318. The molecular weight excluding hydrogens is 360 g/mol. The predicted octanol–water partition coefficient (Wildman–Crippen LogP) is 7.26. The van der Waals surface area contributed by atoms with Gasteiger partial charge in [0.25, 0.3) is 0 Å².